The Bertz CT molecular complexity index is 213. The van der Waals surface area contributed by atoms with Crippen LogP contribution < -0.4 is 0 Å². The molecule has 2 atom stereocenters. The quantitative estimate of drug-likeness (QED) is 0.680. The third kappa shape index (κ3) is 3.06. The van der Waals surface area contributed by atoms with Gasteiger partial charge in [-0.15, -0.1) is 0 Å². The van der Waals surface area contributed by atoms with Crippen LogP contribution in [0.4, 0.5) is 0 Å². The number of aliphatic hydroxyl groups is 1. The Morgan fingerprint density at radius 3 is 2.07 bits per heavy atom. The molecule has 0 radical (unpaired) electrons. The van der Waals surface area contributed by atoms with Crippen molar-refractivity contribution in [3.8, 4) is 0 Å². The second-order valence-corrected chi connectivity index (χ2v) is 5.62. The van der Waals surface area contributed by atoms with E-state index in [1.165, 1.54) is 0 Å². The lowest BCUT2D eigenvalue weighted by Crippen LogP contribution is -2.29. The highest BCUT2D eigenvalue weighted by atomic mass is 31.2. The summed E-state index contributed by atoms with van der Waals surface area (Å²) in [6, 6.07) is 0. The highest BCUT2D eigenvalue weighted by molar-refractivity contribution is 7.54. The summed E-state index contributed by atoms with van der Waals surface area (Å²) in [4.78, 5) is 9.62. The van der Waals surface area contributed by atoms with Gasteiger partial charge >= 0.3 is 7.60 Å². The predicted octanol–water partition coefficient (Wildman–Crippen LogP) is 2.50. The summed E-state index contributed by atoms with van der Waals surface area (Å²) < 4.78 is 16.7. The Kier molecular flexibility index (Phi) is 5.31. The minimum Gasteiger partial charge on any atom is -0.377 e. The van der Waals surface area contributed by atoms with Gasteiger partial charge in [-0.1, -0.05) is 20.8 Å². The largest absolute Gasteiger partial charge is 0.377 e. The van der Waals surface area contributed by atoms with Crippen LogP contribution in [-0.2, 0) is 9.09 Å². The SMILES string of the molecule is CC[C@H](C)OP(=O)(O)C(O)(CC)CC. The highest BCUT2D eigenvalue weighted by Crippen LogP contribution is 2.58. The molecule has 5 heteroatoms. The summed E-state index contributed by atoms with van der Waals surface area (Å²) in [6.45, 7) is 6.93. The molecule has 0 amide bonds. The van der Waals surface area contributed by atoms with Crippen LogP contribution in [0.25, 0.3) is 0 Å². The van der Waals surface area contributed by atoms with Gasteiger partial charge in [-0.05, 0) is 26.2 Å². The van der Waals surface area contributed by atoms with Gasteiger partial charge in [-0.2, -0.15) is 0 Å². The van der Waals surface area contributed by atoms with Gasteiger partial charge in [0.1, 0.15) is 0 Å². The fourth-order valence-corrected chi connectivity index (χ4v) is 2.70. The number of hydrogen-bond acceptors (Lipinski definition) is 3. The Morgan fingerprint density at radius 2 is 1.79 bits per heavy atom. The molecule has 0 aliphatic heterocycles. The molecular formula is C9H21O4P. The molecule has 0 saturated carbocycles. The van der Waals surface area contributed by atoms with Crippen molar-refractivity contribution >= 4 is 7.60 Å². The van der Waals surface area contributed by atoms with Crippen molar-refractivity contribution in [2.45, 2.75) is 58.4 Å². The van der Waals surface area contributed by atoms with Crippen molar-refractivity contribution in [2.75, 3.05) is 0 Å². The number of hydrogen-bond donors (Lipinski definition) is 2. The molecule has 0 bridgehead atoms. The Morgan fingerprint density at radius 1 is 1.36 bits per heavy atom. The smallest absolute Gasteiger partial charge is 0.359 e. The second kappa shape index (κ2) is 5.26. The topological polar surface area (TPSA) is 66.8 Å². The summed E-state index contributed by atoms with van der Waals surface area (Å²) in [6.07, 6.45) is 0.769. The Labute approximate surface area is 85.8 Å². The summed E-state index contributed by atoms with van der Waals surface area (Å²) >= 11 is 0. The van der Waals surface area contributed by atoms with Crippen LogP contribution in [0.15, 0.2) is 0 Å². The van der Waals surface area contributed by atoms with Crippen LogP contribution in [0.5, 0.6) is 0 Å². The fourth-order valence-electron chi connectivity index (χ4n) is 1.07. The van der Waals surface area contributed by atoms with Crippen molar-refractivity contribution in [1.29, 1.82) is 0 Å². The maximum Gasteiger partial charge on any atom is 0.359 e. The fraction of sp³-hybridized carbons (Fsp3) is 1.00. The first-order chi connectivity index (χ1) is 6.33. The molecule has 0 aromatic rings. The molecule has 0 aromatic heterocycles. The van der Waals surface area contributed by atoms with Crippen LogP contribution in [0.1, 0.15) is 47.0 Å². The maximum atomic E-state index is 11.8. The van der Waals surface area contributed by atoms with Gasteiger partial charge in [-0.25, -0.2) is 0 Å². The van der Waals surface area contributed by atoms with Gasteiger partial charge in [0.2, 0.25) is 0 Å². The average molecular weight is 224 g/mol. The van der Waals surface area contributed by atoms with Crippen LogP contribution in [0.3, 0.4) is 0 Å². The molecule has 0 aliphatic rings. The lowest BCUT2D eigenvalue weighted by atomic mass is 10.2. The lowest BCUT2D eigenvalue weighted by molar-refractivity contribution is 0.0588. The molecule has 0 aliphatic carbocycles. The minimum atomic E-state index is -3.93. The van der Waals surface area contributed by atoms with Crippen molar-refractivity contribution in [2.24, 2.45) is 0 Å². The molecule has 0 fully saturated rings. The minimum absolute atomic E-state index is 0.216. The number of rotatable bonds is 6. The maximum absolute atomic E-state index is 11.8. The third-order valence-electron chi connectivity index (χ3n) is 2.56. The van der Waals surface area contributed by atoms with Gasteiger partial charge in [-0.3, -0.25) is 4.57 Å². The van der Waals surface area contributed by atoms with Crippen LogP contribution in [-0.4, -0.2) is 21.4 Å². The molecular weight excluding hydrogens is 203 g/mol. The summed E-state index contributed by atoms with van der Waals surface area (Å²) in [5, 5.41) is 8.26. The molecule has 0 heterocycles. The van der Waals surface area contributed by atoms with E-state index in [0.29, 0.717) is 6.42 Å². The molecule has 0 saturated heterocycles. The average Bonchev–Trinajstić information content (AvgIpc) is 2.15. The summed E-state index contributed by atoms with van der Waals surface area (Å²) in [5.41, 5.74) is 0. The Balaban J connectivity index is 4.66. The lowest BCUT2D eigenvalue weighted by Gasteiger charge is -2.31. The van der Waals surface area contributed by atoms with Gasteiger partial charge in [0.15, 0.2) is 5.34 Å². The van der Waals surface area contributed by atoms with E-state index in [9.17, 15) is 14.6 Å². The monoisotopic (exact) mass is 224 g/mol. The van der Waals surface area contributed by atoms with Crippen LogP contribution >= 0.6 is 7.60 Å². The van der Waals surface area contributed by atoms with E-state index in [0.717, 1.165) is 0 Å². The molecule has 1 unspecified atom stereocenters. The zero-order valence-electron chi connectivity index (χ0n) is 9.36. The summed E-state index contributed by atoms with van der Waals surface area (Å²) in [7, 11) is -3.93. The van der Waals surface area contributed by atoms with E-state index in [1.807, 2.05) is 6.92 Å². The molecule has 86 valence electrons. The first-order valence-corrected chi connectivity index (χ1v) is 6.64. The van der Waals surface area contributed by atoms with Gasteiger partial charge in [0.25, 0.3) is 0 Å². The van der Waals surface area contributed by atoms with Crippen molar-refractivity contribution in [3.05, 3.63) is 0 Å². The van der Waals surface area contributed by atoms with E-state index < -0.39 is 12.9 Å². The molecule has 4 nitrogen and oxygen atoms in total. The molecule has 0 spiro atoms. The third-order valence-corrected chi connectivity index (χ3v) is 4.89. The Hall–Kier alpha value is 0.110. The molecule has 0 rings (SSSR count). The normalized spacial score (nSPS) is 19.0. The van der Waals surface area contributed by atoms with E-state index in [1.54, 1.807) is 20.8 Å². The van der Waals surface area contributed by atoms with Gasteiger partial charge in [0, 0.05) is 0 Å². The van der Waals surface area contributed by atoms with Crippen molar-refractivity contribution in [3.63, 3.8) is 0 Å². The van der Waals surface area contributed by atoms with Crippen molar-refractivity contribution < 1.29 is 19.1 Å². The van der Waals surface area contributed by atoms with E-state index in [2.05, 4.69) is 0 Å². The van der Waals surface area contributed by atoms with E-state index in [-0.39, 0.29) is 18.9 Å². The van der Waals surface area contributed by atoms with Crippen molar-refractivity contribution in [1.82, 2.24) is 0 Å². The standard InChI is InChI=1S/C9H21O4P/c1-5-8(4)13-14(11,12)9(10,6-2)7-3/h8,10H,5-7H2,1-4H3,(H,11,12)/t8-/m0/s1. The predicted molar refractivity (Wildman–Crippen MR) is 56.2 cm³/mol. The van der Waals surface area contributed by atoms with Crippen LogP contribution in [0.2, 0.25) is 0 Å². The first kappa shape index (κ1) is 14.1. The van der Waals surface area contributed by atoms with E-state index >= 15 is 0 Å². The molecule has 14 heavy (non-hydrogen) atoms. The zero-order chi connectivity index (χ0) is 11.4. The second-order valence-electron chi connectivity index (χ2n) is 3.53. The van der Waals surface area contributed by atoms with Gasteiger partial charge < -0.3 is 14.5 Å². The van der Waals surface area contributed by atoms with Crippen LogP contribution in [0, 0.1) is 0 Å². The zero-order valence-corrected chi connectivity index (χ0v) is 10.3. The molecule has 0 aromatic carbocycles. The first-order valence-electron chi connectivity index (χ1n) is 5.06. The molecule has 2 N–H and O–H groups in total. The van der Waals surface area contributed by atoms with E-state index in [4.69, 9.17) is 4.52 Å². The highest BCUT2D eigenvalue weighted by Gasteiger charge is 2.45. The van der Waals surface area contributed by atoms with Gasteiger partial charge in [0.05, 0.1) is 6.10 Å². The summed E-state index contributed by atoms with van der Waals surface area (Å²) in [5.74, 6) is 0.